The van der Waals surface area contributed by atoms with Crippen LogP contribution in [0, 0.1) is 0 Å². The van der Waals surface area contributed by atoms with Gasteiger partial charge in [0.1, 0.15) is 5.56 Å². The van der Waals surface area contributed by atoms with E-state index in [0.717, 1.165) is 5.69 Å². The van der Waals surface area contributed by atoms with E-state index in [2.05, 4.69) is 5.32 Å². The Balaban J connectivity index is 2.16. The van der Waals surface area contributed by atoms with Crippen LogP contribution in [0.15, 0.2) is 53.5 Å². The average molecular weight is 351 g/mol. The largest absolute Gasteiger partial charge is 0.462 e. The van der Waals surface area contributed by atoms with Gasteiger partial charge in [-0.05, 0) is 38.1 Å². The van der Waals surface area contributed by atoms with Crippen LogP contribution in [0.25, 0.3) is 10.9 Å². The summed E-state index contributed by atoms with van der Waals surface area (Å²) in [5.74, 6) is -0.619. The summed E-state index contributed by atoms with van der Waals surface area (Å²) in [6.45, 7) is 4.46. The van der Waals surface area contributed by atoms with Crippen molar-refractivity contribution in [2.75, 3.05) is 17.7 Å². The maximum Gasteiger partial charge on any atom is 0.343 e. The third-order valence-electron chi connectivity index (χ3n) is 4.14. The number of carbonyl (C=O) groups excluding carboxylic acids is 1. The van der Waals surface area contributed by atoms with Crippen molar-refractivity contribution >= 4 is 33.9 Å². The van der Waals surface area contributed by atoms with Crippen LogP contribution >= 0.6 is 0 Å². The maximum absolute atomic E-state index is 12.7. The molecule has 1 heterocycles. The second kappa shape index (κ2) is 7.31. The van der Waals surface area contributed by atoms with Crippen molar-refractivity contribution in [3.05, 3.63) is 64.4 Å². The molecule has 26 heavy (non-hydrogen) atoms. The number of anilines is 3. The number of pyridine rings is 1. The van der Waals surface area contributed by atoms with Crippen molar-refractivity contribution in [2.45, 2.75) is 20.4 Å². The van der Waals surface area contributed by atoms with E-state index in [1.165, 1.54) is 0 Å². The Kier molecular flexibility index (Phi) is 4.93. The van der Waals surface area contributed by atoms with Gasteiger partial charge in [-0.25, -0.2) is 4.79 Å². The molecule has 3 N–H and O–H groups in total. The van der Waals surface area contributed by atoms with E-state index in [0.29, 0.717) is 28.8 Å². The van der Waals surface area contributed by atoms with Crippen molar-refractivity contribution in [2.24, 2.45) is 0 Å². The summed E-state index contributed by atoms with van der Waals surface area (Å²) in [5, 5.41) is 3.66. The summed E-state index contributed by atoms with van der Waals surface area (Å²) in [6.07, 6.45) is 1.55. The van der Waals surface area contributed by atoms with E-state index in [1.54, 1.807) is 19.2 Å². The highest BCUT2D eigenvalue weighted by atomic mass is 16.5. The number of aryl methyl sites for hydroxylation is 1. The number of para-hydroxylation sites is 1. The molecule has 0 fully saturated rings. The number of esters is 1. The first-order valence-corrected chi connectivity index (χ1v) is 8.51. The summed E-state index contributed by atoms with van der Waals surface area (Å²) in [5.41, 5.74) is 8.53. The first kappa shape index (κ1) is 17.5. The van der Waals surface area contributed by atoms with Gasteiger partial charge in [-0.2, -0.15) is 0 Å². The zero-order chi connectivity index (χ0) is 18.7. The van der Waals surface area contributed by atoms with Gasteiger partial charge in [-0.1, -0.05) is 18.2 Å². The minimum atomic E-state index is -0.619. The van der Waals surface area contributed by atoms with Gasteiger partial charge in [-0.3, -0.25) is 4.79 Å². The number of hydrogen-bond acceptors (Lipinski definition) is 5. The Morgan fingerprint density at radius 3 is 2.58 bits per heavy atom. The summed E-state index contributed by atoms with van der Waals surface area (Å²) in [6, 6.07) is 13.1. The number of nitrogens with zero attached hydrogens (tertiary/aromatic N) is 1. The molecule has 0 aliphatic carbocycles. The monoisotopic (exact) mass is 351 g/mol. The lowest BCUT2D eigenvalue weighted by atomic mass is 10.1. The van der Waals surface area contributed by atoms with Gasteiger partial charge in [0.25, 0.3) is 0 Å². The smallest absolute Gasteiger partial charge is 0.343 e. The Morgan fingerprint density at radius 1 is 1.19 bits per heavy atom. The van der Waals surface area contributed by atoms with E-state index >= 15 is 0 Å². The van der Waals surface area contributed by atoms with Crippen LogP contribution in [-0.2, 0) is 11.3 Å². The molecular weight excluding hydrogens is 330 g/mol. The molecule has 0 spiro atoms. The lowest BCUT2D eigenvalue weighted by Crippen LogP contribution is -2.21. The van der Waals surface area contributed by atoms with Crippen LogP contribution in [-0.4, -0.2) is 17.1 Å². The van der Waals surface area contributed by atoms with Crippen LogP contribution in [0.1, 0.15) is 24.2 Å². The minimum absolute atomic E-state index is 0.0179. The van der Waals surface area contributed by atoms with Crippen LogP contribution in [0.2, 0.25) is 0 Å². The fourth-order valence-electron chi connectivity index (χ4n) is 2.85. The molecule has 0 aliphatic rings. The standard InChI is InChI=1S/C20H21N3O3/c1-3-23-12-15(20(25)26-4-2)19(24)14-10-16(21)17(11-18(14)23)22-13-8-6-5-7-9-13/h5-12,22H,3-4,21H2,1-2H3. The number of rotatable bonds is 5. The molecule has 0 atom stereocenters. The molecule has 134 valence electrons. The first-order chi connectivity index (χ1) is 12.5. The molecule has 0 saturated heterocycles. The number of hydrogen-bond donors (Lipinski definition) is 2. The average Bonchev–Trinajstić information content (AvgIpc) is 2.64. The van der Waals surface area contributed by atoms with Gasteiger partial charge in [0.05, 0.1) is 23.5 Å². The zero-order valence-corrected chi connectivity index (χ0v) is 14.8. The van der Waals surface area contributed by atoms with Crippen LogP contribution in [0.5, 0.6) is 0 Å². The third-order valence-corrected chi connectivity index (χ3v) is 4.14. The second-order valence-electron chi connectivity index (χ2n) is 5.83. The molecule has 0 amide bonds. The lowest BCUT2D eigenvalue weighted by molar-refractivity contribution is 0.0524. The molecule has 6 nitrogen and oxygen atoms in total. The number of nitrogens with one attached hydrogen (secondary N) is 1. The molecule has 6 heteroatoms. The number of nitrogens with two attached hydrogens (primary N) is 1. The quantitative estimate of drug-likeness (QED) is 0.542. The van der Waals surface area contributed by atoms with Crippen molar-refractivity contribution in [3.8, 4) is 0 Å². The first-order valence-electron chi connectivity index (χ1n) is 8.51. The molecule has 0 bridgehead atoms. The van der Waals surface area contributed by atoms with E-state index in [4.69, 9.17) is 10.5 Å². The van der Waals surface area contributed by atoms with Gasteiger partial charge >= 0.3 is 5.97 Å². The number of carbonyl (C=O) groups is 1. The highest BCUT2D eigenvalue weighted by molar-refractivity contribution is 5.96. The summed E-state index contributed by atoms with van der Waals surface area (Å²) < 4.78 is 6.84. The van der Waals surface area contributed by atoms with Gasteiger partial charge in [0.2, 0.25) is 5.43 Å². The number of nitrogen functional groups attached to an aromatic ring is 1. The summed E-state index contributed by atoms with van der Waals surface area (Å²) in [4.78, 5) is 24.8. The highest BCUT2D eigenvalue weighted by Gasteiger charge is 2.17. The summed E-state index contributed by atoms with van der Waals surface area (Å²) >= 11 is 0. The molecule has 0 radical (unpaired) electrons. The second-order valence-corrected chi connectivity index (χ2v) is 5.83. The zero-order valence-electron chi connectivity index (χ0n) is 14.8. The van der Waals surface area contributed by atoms with Gasteiger partial charge in [0.15, 0.2) is 0 Å². The predicted molar refractivity (Wildman–Crippen MR) is 104 cm³/mol. The van der Waals surface area contributed by atoms with E-state index < -0.39 is 5.97 Å². The Bertz CT molecular complexity index is 1010. The minimum Gasteiger partial charge on any atom is -0.462 e. The maximum atomic E-state index is 12.7. The molecular formula is C20H21N3O3. The van der Waals surface area contributed by atoms with Crippen LogP contribution in [0.4, 0.5) is 17.1 Å². The normalized spacial score (nSPS) is 10.7. The number of fused-ring (bicyclic) bond motifs is 1. The number of aromatic nitrogens is 1. The number of benzene rings is 2. The molecule has 0 aliphatic heterocycles. The fourth-order valence-corrected chi connectivity index (χ4v) is 2.85. The Morgan fingerprint density at radius 2 is 1.92 bits per heavy atom. The highest BCUT2D eigenvalue weighted by Crippen LogP contribution is 2.28. The third kappa shape index (κ3) is 3.26. The van der Waals surface area contributed by atoms with Crippen molar-refractivity contribution < 1.29 is 9.53 Å². The molecule has 1 aromatic heterocycles. The molecule has 0 saturated carbocycles. The van der Waals surface area contributed by atoms with Gasteiger partial charge < -0.3 is 20.4 Å². The van der Waals surface area contributed by atoms with Gasteiger partial charge in [0, 0.05) is 23.8 Å². The fraction of sp³-hybridized carbons (Fsp3) is 0.200. The van der Waals surface area contributed by atoms with E-state index in [-0.39, 0.29) is 17.6 Å². The number of ether oxygens (including phenoxy) is 1. The van der Waals surface area contributed by atoms with Crippen LogP contribution < -0.4 is 16.5 Å². The Labute approximate surface area is 151 Å². The topological polar surface area (TPSA) is 86.3 Å². The van der Waals surface area contributed by atoms with Crippen molar-refractivity contribution in [1.29, 1.82) is 0 Å². The van der Waals surface area contributed by atoms with E-state index in [1.807, 2.05) is 47.9 Å². The summed E-state index contributed by atoms with van der Waals surface area (Å²) in [7, 11) is 0. The lowest BCUT2D eigenvalue weighted by Gasteiger charge is -2.15. The Hall–Kier alpha value is -3.28. The molecule has 2 aromatic carbocycles. The van der Waals surface area contributed by atoms with Crippen molar-refractivity contribution in [3.63, 3.8) is 0 Å². The predicted octanol–water partition coefficient (Wildman–Crippen LogP) is 3.52. The van der Waals surface area contributed by atoms with Gasteiger partial charge in [-0.15, -0.1) is 0 Å². The SMILES string of the molecule is CCOC(=O)c1cn(CC)c2cc(Nc3ccccc3)c(N)cc2c1=O. The van der Waals surface area contributed by atoms with Crippen LogP contribution in [0.3, 0.4) is 0 Å². The van der Waals surface area contributed by atoms with E-state index in [9.17, 15) is 9.59 Å². The molecule has 3 rings (SSSR count). The molecule has 3 aromatic rings. The van der Waals surface area contributed by atoms with Crippen molar-refractivity contribution in [1.82, 2.24) is 4.57 Å². The molecule has 0 unspecified atom stereocenters.